The number of amides is 2. The molecule has 0 aliphatic carbocycles. The topological polar surface area (TPSA) is 109 Å². The fourth-order valence-electron chi connectivity index (χ4n) is 4.22. The second-order valence-electron chi connectivity index (χ2n) is 8.16. The number of hydrogen-bond donors (Lipinski definition) is 1. The van der Waals surface area contributed by atoms with Crippen molar-refractivity contribution in [1.29, 1.82) is 5.26 Å². The molecule has 0 saturated carbocycles. The van der Waals surface area contributed by atoms with E-state index in [-0.39, 0.29) is 41.1 Å². The number of rotatable bonds is 7. The fourth-order valence-corrected chi connectivity index (χ4v) is 4.22. The van der Waals surface area contributed by atoms with Gasteiger partial charge in [-0.15, -0.1) is 5.26 Å². The zero-order valence-electron chi connectivity index (χ0n) is 18.3. The van der Waals surface area contributed by atoms with Crippen molar-refractivity contribution in [1.82, 2.24) is 9.80 Å². The summed E-state index contributed by atoms with van der Waals surface area (Å²) in [5, 5.41) is 12.5. The number of benzene rings is 1. The number of nitrogens with one attached hydrogen (secondary N) is 1. The summed E-state index contributed by atoms with van der Waals surface area (Å²) < 4.78 is 25.2. The molecule has 10 heteroatoms. The first-order chi connectivity index (χ1) is 15.3. The summed E-state index contributed by atoms with van der Waals surface area (Å²) in [6.07, 6.45) is 2.62. The lowest BCUT2D eigenvalue weighted by atomic mass is 9.91. The molecule has 2 heterocycles. The molecular formula is C22H28FN4O5+. The number of carbonyl (C=O) groups is 3. The van der Waals surface area contributed by atoms with Crippen LogP contribution >= 0.6 is 0 Å². The number of hydrogen-bond acceptors (Lipinski definition) is 6. The molecule has 0 spiro atoms. The second kappa shape index (κ2) is 9.96. The number of nitriles is 1. The van der Waals surface area contributed by atoms with Crippen molar-refractivity contribution in [2.24, 2.45) is 5.92 Å². The number of likely N-dealkylation sites (tertiary alicyclic amines) is 1. The first-order valence-corrected chi connectivity index (χ1v) is 10.7. The van der Waals surface area contributed by atoms with Crippen LogP contribution in [0, 0.1) is 23.2 Å². The molecule has 0 unspecified atom stereocenters. The predicted molar refractivity (Wildman–Crippen MR) is 114 cm³/mol. The Morgan fingerprint density at radius 1 is 1.38 bits per heavy atom. The number of anilines is 1. The van der Waals surface area contributed by atoms with Gasteiger partial charge in [-0.25, -0.2) is 9.18 Å². The molecule has 32 heavy (non-hydrogen) atoms. The largest absolute Gasteiger partial charge is 0.466 e. The van der Waals surface area contributed by atoms with Crippen LogP contribution in [0.4, 0.5) is 20.6 Å². The lowest BCUT2D eigenvalue weighted by Crippen LogP contribution is -2.51. The zero-order chi connectivity index (χ0) is 23.3. The highest BCUT2D eigenvalue weighted by molar-refractivity contribution is 5.90. The smallest absolute Gasteiger partial charge is 0.414 e. The van der Waals surface area contributed by atoms with Gasteiger partial charge in [-0.3, -0.25) is 14.5 Å². The van der Waals surface area contributed by atoms with Crippen LogP contribution in [0.25, 0.3) is 0 Å². The number of carbonyl (C=O) groups excluding carboxylic acids is 3. The minimum absolute atomic E-state index is 0.107. The van der Waals surface area contributed by atoms with E-state index < -0.39 is 18.0 Å². The van der Waals surface area contributed by atoms with E-state index in [1.54, 1.807) is 13.0 Å². The number of ether oxygens (including phenoxy) is 2. The van der Waals surface area contributed by atoms with Gasteiger partial charge in [0, 0.05) is 38.3 Å². The predicted octanol–water partition coefficient (Wildman–Crippen LogP) is 2.44. The molecule has 1 atom stereocenters. The number of quaternary nitrogens is 1. The maximum Gasteiger partial charge on any atom is 0.414 e. The molecule has 0 bridgehead atoms. The van der Waals surface area contributed by atoms with Gasteiger partial charge in [0.1, 0.15) is 6.10 Å². The van der Waals surface area contributed by atoms with Gasteiger partial charge < -0.3 is 14.8 Å². The summed E-state index contributed by atoms with van der Waals surface area (Å²) in [5.74, 6) is -0.951. The van der Waals surface area contributed by atoms with Crippen LogP contribution in [0.1, 0.15) is 33.1 Å². The van der Waals surface area contributed by atoms with Crippen molar-refractivity contribution in [3.8, 4) is 6.19 Å². The highest BCUT2D eigenvalue weighted by Crippen LogP contribution is 2.36. The van der Waals surface area contributed by atoms with Crippen molar-refractivity contribution in [2.75, 3.05) is 37.7 Å². The van der Waals surface area contributed by atoms with Crippen molar-refractivity contribution in [3.05, 3.63) is 24.0 Å². The molecule has 0 radical (unpaired) electrons. The number of esters is 1. The van der Waals surface area contributed by atoms with Gasteiger partial charge >= 0.3 is 18.3 Å². The third-order valence-corrected chi connectivity index (χ3v) is 5.95. The SMILES string of the molecule is CCOC(=O)CC1CC[N+](C#N)(c2ccc(N3C[C@H](CNC(C)=O)OC3=O)cc2F)CC1. The van der Waals surface area contributed by atoms with Crippen molar-refractivity contribution < 1.29 is 28.2 Å². The molecule has 1 aromatic carbocycles. The molecule has 2 aliphatic rings. The quantitative estimate of drug-likeness (QED) is 0.391. The molecule has 172 valence electrons. The molecule has 0 aromatic heterocycles. The Labute approximate surface area is 186 Å². The van der Waals surface area contributed by atoms with Crippen molar-refractivity contribution in [3.63, 3.8) is 0 Å². The van der Waals surface area contributed by atoms with E-state index in [4.69, 9.17) is 9.47 Å². The molecule has 9 nitrogen and oxygen atoms in total. The van der Waals surface area contributed by atoms with E-state index >= 15 is 4.39 Å². The highest BCUT2D eigenvalue weighted by Gasteiger charge is 2.40. The Bertz CT molecular complexity index is 923. The maximum atomic E-state index is 15.1. The fraction of sp³-hybridized carbons (Fsp3) is 0.545. The van der Waals surface area contributed by atoms with Gasteiger partial charge in [-0.1, -0.05) is 0 Å². The summed E-state index contributed by atoms with van der Waals surface area (Å²) in [4.78, 5) is 36.3. The Morgan fingerprint density at radius 3 is 2.69 bits per heavy atom. The van der Waals surface area contributed by atoms with Crippen LogP contribution in [-0.4, -0.2) is 56.9 Å². The van der Waals surface area contributed by atoms with Gasteiger partial charge in [-0.2, -0.15) is 4.48 Å². The summed E-state index contributed by atoms with van der Waals surface area (Å²) >= 11 is 0. The highest BCUT2D eigenvalue weighted by atomic mass is 19.1. The standard InChI is InChI=1S/C22H27FN4O5/c1-3-31-21(29)10-16-6-8-27(14-24,9-7-16)20-5-4-17(11-19(20)23)26-13-18(32-22(26)30)12-25-15(2)28/h4-5,11,16,18H,3,6-10,12-13H2,1-2H3/p+1/t16?,18-,27?/m0/s1. The molecule has 1 aromatic rings. The zero-order valence-corrected chi connectivity index (χ0v) is 18.3. The molecule has 2 aliphatic heterocycles. The molecule has 1 N–H and O–H groups in total. The maximum absolute atomic E-state index is 15.1. The third kappa shape index (κ3) is 5.16. The molecular weight excluding hydrogens is 419 g/mol. The first kappa shape index (κ1) is 23.5. The van der Waals surface area contributed by atoms with Crippen LogP contribution in [0.5, 0.6) is 0 Å². The monoisotopic (exact) mass is 447 g/mol. The first-order valence-electron chi connectivity index (χ1n) is 10.7. The van der Waals surface area contributed by atoms with Gasteiger partial charge in [0.15, 0.2) is 11.5 Å². The van der Waals surface area contributed by atoms with Crippen LogP contribution in [0.3, 0.4) is 0 Å². The molecule has 2 saturated heterocycles. The van der Waals surface area contributed by atoms with E-state index in [0.717, 1.165) is 0 Å². The Balaban J connectivity index is 1.69. The number of halogens is 1. The van der Waals surface area contributed by atoms with Gasteiger partial charge in [0.2, 0.25) is 5.91 Å². The average Bonchev–Trinajstić information content (AvgIpc) is 3.14. The number of piperidine rings is 1. The Hall–Kier alpha value is -3.19. The summed E-state index contributed by atoms with van der Waals surface area (Å²) in [5.41, 5.74) is 0.572. The van der Waals surface area contributed by atoms with Gasteiger partial charge in [0.05, 0.1) is 38.5 Å². The minimum atomic E-state index is -0.614. The Kier molecular flexibility index (Phi) is 7.30. The molecule has 3 rings (SSSR count). The summed E-state index contributed by atoms with van der Waals surface area (Å²) in [6, 6.07) is 4.37. The van der Waals surface area contributed by atoms with Crippen LogP contribution in [0.15, 0.2) is 18.2 Å². The molecule has 2 amide bonds. The molecule has 2 fully saturated rings. The van der Waals surface area contributed by atoms with E-state index in [2.05, 4.69) is 11.5 Å². The van der Waals surface area contributed by atoms with Crippen LogP contribution in [0.2, 0.25) is 0 Å². The van der Waals surface area contributed by atoms with E-state index in [1.165, 1.54) is 24.0 Å². The lowest BCUT2D eigenvalue weighted by molar-refractivity contribution is -0.144. The number of cyclic esters (lactones) is 1. The van der Waals surface area contributed by atoms with E-state index in [1.807, 2.05) is 0 Å². The normalized spacial score (nSPS) is 25.1. The lowest BCUT2D eigenvalue weighted by Gasteiger charge is -2.36. The van der Waals surface area contributed by atoms with Gasteiger partial charge in [-0.05, 0) is 18.9 Å². The number of nitrogens with zero attached hydrogens (tertiary/aromatic N) is 3. The average molecular weight is 447 g/mol. The minimum Gasteiger partial charge on any atom is -0.466 e. The second-order valence-corrected chi connectivity index (χ2v) is 8.16. The van der Waals surface area contributed by atoms with E-state index in [9.17, 15) is 19.6 Å². The summed E-state index contributed by atoms with van der Waals surface area (Å²) in [6.45, 7) is 4.61. The Morgan fingerprint density at radius 2 is 2.09 bits per heavy atom. The van der Waals surface area contributed by atoms with E-state index in [0.29, 0.717) is 44.6 Å². The van der Waals surface area contributed by atoms with Gasteiger partial charge in [0.25, 0.3) is 0 Å². The third-order valence-electron chi connectivity index (χ3n) is 5.95. The van der Waals surface area contributed by atoms with Crippen LogP contribution < -0.4 is 14.7 Å². The van der Waals surface area contributed by atoms with Crippen LogP contribution in [-0.2, 0) is 19.1 Å². The van der Waals surface area contributed by atoms with Crippen molar-refractivity contribution >= 4 is 29.3 Å². The van der Waals surface area contributed by atoms with Crippen molar-refractivity contribution in [2.45, 2.75) is 39.2 Å². The summed E-state index contributed by atoms with van der Waals surface area (Å²) in [7, 11) is 0.